The van der Waals surface area contributed by atoms with E-state index < -0.39 is 17.7 Å². The Hall–Kier alpha value is -2.96. The predicted molar refractivity (Wildman–Crippen MR) is 242 cm³/mol. The molecule has 8 aliphatic carbocycles. The molecule has 1 aromatic rings. The molecule has 0 bridgehead atoms. The number of hydrogen-bond donors (Lipinski definition) is 4. The molecule has 338 valence electrons. The van der Waals surface area contributed by atoms with Crippen molar-refractivity contribution in [1.82, 2.24) is 0 Å². The van der Waals surface area contributed by atoms with Crippen LogP contribution in [0.3, 0.4) is 0 Å². The van der Waals surface area contributed by atoms with Crippen LogP contribution >= 0.6 is 0 Å². The van der Waals surface area contributed by atoms with Gasteiger partial charge >= 0.3 is 5.97 Å². The van der Waals surface area contributed by atoms with Crippen molar-refractivity contribution in [3.05, 3.63) is 52.6 Å². The standard InChI is InChI=1S/C54H75NO7/c1-7-22-54(61)24-21-43-40-15-11-34-27-37(56)14-16-39(34)49(40)41(31-52(43,54)4)33-9-12-36(13-10-33)55(6)25-26-62-38-20-23-51(3)35(28-38)29-46(57)50-44-18-17-42(32(2)8-19-48(59)60)53(44,5)47(58)30-45(50)51/h9-13,32,35,38,40-47,50,57-58,61H,8,14-21,23-31H2,1-6H3,(H,59,60)/t32-,35+,38+,40+,41-,42-,43+,44+,45+,46-,47+,50+,51+,52+,53-,54+/m1/s1. The van der Waals surface area contributed by atoms with E-state index in [-0.39, 0.29) is 70.4 Å². The molecule has 1 aromatic carbocycles. The van der Waals surface area contributed by atoms with E-state index in [0.29, 0.717) is 49.4 Å². The zero-order valence-corrected chi connectivity index (χ0v) is 38.5. The predicted octanol–water partition coefficient (Wildman–Crippen LogP) is 9.26. The van der Waals surface area contributed by atoms with Crippen LogP contribution in [0.2, 0.25) is 0 Å². The highest BCUT2D eigenvalue weighted by Crippen LogP contribution is 2.69. The van der Waals surface area contributed by atoms with Crippen LogP contribution < -0.4 is 4.90 Å². The Morgan fingerprint density at radius 2 is 1.76 bits per heavy atom. The highest BCUT2D eigenvalue weighted by Gasteiger charge is 2.66. The van der Waals surface area contributed by atoms with Gasteiger partial charge in [0.05, 0.1) is 24.9 Å². The molecule has 0 amide bonds. The molecule has 7 saturated carbocycles. The number of carbonyl (C=O) groups is 2. The Kier molecular flexibility index (Phi) is 11.8. The molecule has 8 aliphatic rings. The topological polar surface area (TPSA) is 128 Å². The molecule has 62 heavy (non-hydrogen) atoms. The molecular weight excluding hydrogens is 775 g/mol. The summed E-state index contributed by atoms with van der Waals surface area (Å²) in [6.45, 7) is 12.4. The molecule has 8 heteroatoms. The zero-order valence-electron chi connectivity index (χ0n) is 38.5. The second-order valence-corrected chi connectivity index (χ2v) is 22.6. The number of Topliss-reactive ketones (excluding diaryl/α,β-unsaturated/α-hetero) is 1. The number of aliphatic carboxylic acids is 1. The number of ketones is 1. The lowest BCUT2D eigenvalue weighted by Gasteiger charge is -2.63. The van der Waals surface area contributed by atoms with Crippen molar-refractivity contribution >= 4 is 17.4 Å². The van der Waals surface area contributed by atoms with Gasteiger partial charge in [-0.3, -0.25) is 9.59 Å². The van der Waals surface area contributed by atoms with Crippen LogP contribution in [-0.2, 0) is 14.3 Å². The van der Waals surface area contributed by atoms with Crippen LogP contribution in [0.5, 0.6) is 0 Å². The lowest BCUT2D eigenvalue weighted by Crippen LogP contribution is -2.62. The fourth-order valence-electron chi connectivity index (χ4n) is 16.6. The molecule has 16 atom stereocenters. The lowest BCUT2D eigenvalue weighted by atomic mass is 9.43. The summed E-state index contributed by atoms with van der Waals surface area (Å²) in [5, 5.41) is 45.4. The number of anilines is 1. The van der Waals surface area contributed by atoms with Crippen LogP contribution in [0.1, 0.15) is 149 Å². The molecule has 7 fully saturated rings. The van der Waals surface area contributed by atoms with E-state index in [1.807, 2.05) is 6.92 Å². The molecule has 0 saturated heterocycles. The molecule has 0 heterocycles. The first-order valence-corrected chi connectivity index (χ1v) is 24.6. The number of rotatable bonds is 10. The summed E-state index contributed by atoms with van der Waals surface area (Å²) in [5.74, 6) is 8.49. The van der Waals surface area contributed by atoms with Crippen LogP contribution in [0.25, 0.3) is 0 Å². The van der Waals surface area contributed by atoms with E-state index in [4.69, 9.17) is 4.74 Å². The highest BCUT2D eigenvalue weighted by atomic mass is 16.5. The maximum absolute atomic E-state index is 12.6. The summed E-state index contributed by atoms with van der Waals surface area (Å²) in [4.78, 5) is 26.2. The normalized spacial score (nSPS) is 43.7. The number of likely N-dealkylation sites (N-methyl/N-ethyl adjacent to an activating group) is 1. The number of benzene rings is 1. The first-order valence-electron chi connectivity index (χ1n) is 24.6. The van der Waals surface area contributed by atoms with Crippen LogP contribution in [-0.4, -0.2) is 76.3 Å². The number of fused-ring (bicyclic) bond motifs is 9. The summed E-state index contributed by atoms with van der Waals surface area (Å²) >= 11 is 0. The van der Waals surface area contributed by atoms with E-state index in [1.165, 1.54) is 22.3 Å². The van der Waals surface area contributed by atoms with Gasteiger partial charge in [0.15, 0.2) is 0 Å². The minimum Gasteiger partial charge on any atom is -0.481 e. The third-order valence-corrected chi connectivity index (χ3v) is 20.0. The fourth-order valence-corrected chi connectivity index (χ4v) is 16.6. The summed E-state index contributed by atoms with van der Waals surface area (Å²) in [6.07, 6.45) is 14.6. The number of carbonyl (C=O) groups excluding carboxylic acids is 1. The second-order valence-electron chi connectivity index (χ2n) is 22.6. The molecule has 0 aromatic heterocycles. The Bertz CT molecular complexity index is 2030. The van der Waals surface area contributed by atoms with E-state index in [1.54, 1.807) is 0 Å². The number of carboxylic acids is 1. The van der Waals surface area contributed by atoms with Gasteiger partial charge in [0, 0.05) is 49.9 Å². The van der Waals surface area contributed by atoms with Gasteiger partial charge in [-0.05, 0) is 177 Å². The number of allylic oxidation sites excluding steroid dienone is 4. The van der Waals surface area contributed by atoms with Crippen molar-refractivity contribution in [3.63, 3.8) is 0 Å². The van der Waals surface area contributed by atoms with Crippen molar-refractivity contribution in [2.24, 2.45) is 63.6 Å². The minimum atomic E-state index is -0.991. The first kappa shape index (κ1) is 44.3. The number of carboxylic acid groups (broad SMARTS) is 1. The first-order chi connectivity index (χ1) is 29.5. The summed E-state index contributed by atoms with van der Waals surface area (Å²) in [5.41, 5.74) is 5.14. The highest BCUT2D eigenvalue weighted by molar-refractivity contribution is 5.84. The molecule has 4 N–H and O–H groups in total. The zero-order chi connectivity index (χ0) is 43.9. The van der Waals surface area contributed by atoms with Gasteiger partial charge in [-0.1, -0.05) is 57.4 Å². The van der Waals surface area contributed by atoms with Crippen LogP contribution in [0, 0.1) is 75.4 Å². The number of aliphatic hydroxyl groups is 3. The summed E-state index contributed by atoms with van der Waals surface area (Å²) in [6, 6.07) is 9.10. The Morgan fingerprint density at radius 3 is 2.50 bits per heavy atom. The lowest BCUT2D eigenvalue weighted by molar-refractivity contribution is -0.209. The molecule has 8 nitrogen and oxygen atoms in total. The van der Waals surface area contributed by atoms with Gasteiger partial charge in [-0.15, -0.1) is 5.92 Å². The average molecular weight is 850 g/mol. The summed E-state index contributed by atoms with van der Waals surface area (Å²) < 4.78 is 6.67. The quantitative estimate of drug-likeness (QED) is 0.172. The maximum Gasteiger partial charge on any atom is 0.303 e. The third-order valence-electron chi connectivity index (χ3n) is 20.0. The molecule has 0 spiro atoms. The van der Waals surface area contributed by atoms with Crippen molar-refractivity contribution in [2.75, 3.05) is 25.1 Å². The number of nitrogens with zero attached hydrogens (tertiary/aromatic N) is 1. The Labute approximate surface area is 371 Å². The molecular formula is C54H75NO7. The third kappa shape index (κ3) is 7.08. The van der Waals surface area contributed by atoms with E-state index >= 15 is 0 Å². The number of hydrogen-bond acceptors (Lipinski definition) is 7. The van der Waals surface area contributed by atoms with E-state index in [9.17, 15) is 30.0 Å². The maximum atomic E-state index is 12.6. The fraction of sp³-hybridized carbons (Fsp3) is 0.741. The van der Waals surface area contributed by atoms with Gasteiger partial charge in [0.2, 0.25) is 0 Å². The largest absolute Gasteiger partial charge is 0.481 e. The van der Waals surface area contributed by atoms with Gasteiger partial charge in [0.1, 0.15) is 11.4 Å². The van der Waals surface area contributed by atoms with Crippen molar-refractivity contribution in [1.29, 1.82) is 0 Å². The molecule has 0 aliphatic heterocycles. The average Bonchev–Trinajstić information content (AvgIpc) is 3.73. The summed E-state index contributed by atoms with van der Waals surface area (Å²) in [7, 11) is 2.14. The smallest absolute Gasteiger partial charge is 0.303 e. The van der Waals surface area contributed by atoms with Crippen molar-refractivity contribution < 1.29 is 34.8 Å². The molecule has 9 rings (SSSR count). The van der Waals surface area contributed by atoms with Crippen molar-refractivity contribution in [2.45, 2.75) is 167 Å². The second kappa shape index (κ2) is 16.5. The van der Waals surface area contributed by atoms with Gasteiger partial charge in [-0.25, -0.2) is 0 Å². The SMILES string of the molecule is CC#C[C@]1(O)CC[C@H]2[C@@H]3CC=C4CC(=O)CCC4=C3[C@@H](c3ccc(N(C)CCO[C@H]4CC[C@@]5(C)[C@@H](C4)C[C@@H](O)[C@@H]4[C@@H]5C[C@H](O)[C@]5(C)[C@@H]([C@H](C)CCC(=O)O)CC[C@@H]45)cc3)C[C@@]21C. The molecule has 0 unspecified atom stereocenters. The monoisotopic (exact) mass is 850 g/mol. The van der Waals surface area contributed by atoms with Crippen molar-refractivity contribution in [3.8, 4) is 11.8 Å². The van der Waals surface area contributed by atoms with E-state index in [2.05, 4.69) is 81.8 Å². The Balaban J connectivity index is 0.840. The van der Waals surface area contributed by atoms with E-state index in [0.717, 1.165) is 89.3 Å². The van der Waals surface area contributed by atoms with Gasteiger partial charge < -0.3 is 30.1 Å². The van der Waals surface area contributed by atoms with Gasteiger partial charge in [0.25, 0.3) is 0 Å². The minimum absolute atomic E-state index is 0.0643. The van der Waals surface area contributed by atoms with Crippen LogP contribution in [0.4, 0.5) is 5.69 Å². The number of aliphatic hydroxyl groups excluding tert-OH is 2. The molecule has 0 radical (unpaired) electrons. The number of ether oxygens (including phenoxy) is 1. The Morgan fingerprint density at radius 1 is 0.984 bits per heavy atom. The van der Waals surface area contributed by atoms with Gasteiger partial charge in [-0.2, -0.15) is 0 Å². The van der Waals surface area contributed by atoms with Crippen LogP contribution in [0.15, 0.2) is 47.1 Å².